The van der Waals surface area contributed by atoms with Gasteiger partial charge in [0.2, 0.25) is 0 Å². The molecular formula is C28H27F2N3O3S. The number of methoxy groups -OCH3 is 2. The lowest BCUT2D eigenvalue weighted by Crippen LogP contribution is -2.26. The third kappa shape index (κ3) is 7.12. The van der Waals surface area contributed by atoms with Crippen molar-refractivity contribution in [2.75, 3.05) is 26.1 Å². The Kier molecular flexibility index (Phi) is 8.81. The Labute approximate surface area is 218 Å². The number of aromatic nitrogens is 1. The predicted molar refractivity (Wildman–Crippen MR) is 140 cm³/mol. The molecule has 4 rings (SSSR count). The van der Waals surface area contributed by atoms with Gasteiger partial charge in [-0.1, -0.05) is 24.3 Å². The number of thiazole rings is 1. The van der Waals surface area contributed by atoms with Gasteiger partial charge < -0.3 is 14.8 Å². The highest BCUT2D eigenvalue weighted by Gasteiger charge is 2.16. The molecule has 0 atom stereocenters. The smallest absolute Gasteiger partial charge is 0.275 e. The zero-order chi connectivity index (χ0) is 26.2. The highest BCUT2D eigenvalue weighted by molar-refractivity contribution is 7.09. The lowest BCUT2D eigenvalue weighted by atomic mass is 10.1. The van der Waals surface area contributed by atoms with Crippen LogP contribution in [0.1, 0.15) is 26.6 Å². The zero-order valence-corrected chi connectivity index (χ0v) is 21.4. The van der Waals surface area contributed by atoms with Gasteiger partial charge in [-0.05, 0) is 54.4 Å². The van der Waals surface area contributed by atoms with Crippen molar-refractivity contribution in [2.45, 2.75) is 19.5 Å². The number of rotatable bonds is 11. The van der Waals surface area contributed by atoms with Crippen LogP contribution in [0.25, 0.3) is 0 Å². The summed E-state index contributed by atoms with van der Waals surface area (Å²) in [5.74, 6) is 0.287. The number of carbonyl (C=O) groups excluding carboxylic acids is 1. The van der Waals surface area contributed by atoms with Gasteiger partial charge >= 0.3 is 0 Å². The molecule has 0 fully saturated rings. The summed E-state index contributed by atoms with van der Waals surface area (Å²) in [5.41, 5.74) is 2.39. The van der Waals surface area contributed by atoms with Gasteiger partial charge in [-0.3, -0.25) is 9.69 Å². The first-order valence-corrected chi connectivity index (χ1v) is 12.5. The maximum atomic E-state index is 14.4. The standard InChI is InChI=1S/C28H27F2N3O3S/c1-35-25-12-7-19(15-26(25)36-2)13-14-33(16-20-5-3-4-6-23(20)30)17-27-32-24(18-37-27)28(34)31-22-10-8-21(29)9-11-22/h3-12,15,18H,13-14,16-17H2,1-2H3,(H,31,34). The minimum atomic E-state index is -0.378. The van der Waals surface area contributed by atoms with Crippen LogP contribution < -0.4 is 14.8 Å². The van der Waals surface area contributed by atoms with E-state index in [1.165, 1.54) is 41.7 Å². The van der Waals surface area contributed by atoms with Crippen molar-refractivity contribution in [3.8, 4) is 11.5 Å². The van der Waals surface area contributed by atoms with Crippen LogP contribution in [-0.4, -0.2) is 36.6 Å². The average molecular weight is 524 g/mol. The van der Waals surface area contributed by atoms with E-state index in [9.17, 15) is 13.6 Å². The molecule has 192 valence electrons. The maximum Gasteiger partial charge on any atom is 0.275 e. The second kappa shape index (κ2) is 12.4. The molecule has 1 amide bonds. The van der Waals surface area contributed by atoms with Crippen molar-refractivity contribution in [1.82, 2.24) is 9.88 Å². The molecular weight excluding hydrogens is 496 g/mol. The number of nitrogens with one attached hydrogen (secondary N) is 1. The van der Waals surface area contributed by atoms with Gasteiger partial charge in [-0.2, -0.15) is 0 Å². The molecule has 4 aromatic rings. The van der Waals surface area contributed by atoms with E-state index in [0.717, 1.165) is 10.6 Å². The number of benzene rings is 3. The van der Waals surface area contributed by atoms with Gasteiger partial charge in [0.15, 0.2) is 11.5 Å². The number of ether oxygens (including phenoxy) is 2. The molecule has 0 radical (unpaired) electrons. The van der Waals surface area contributed by atoms with Crippen LogP contribution in [0.2, 0.25) is 0 Å². The summed E-state index contributed by atoms with van der Waals surface area (Å²) in [5, 5.41) is 5.13. The lowest BCUT2D eigenvalue weighted by molar-refractivity contribution is 0.102. The quantitative estimate of drug-likeness (QED) is 0.264. The van der Waals surface area contributed by atoms with Crippen molar-refractivity contribution in [2.24, 2.45) is 0 Å². The van der Waals surface area contributed by atoms with Gasteiger partial charge in [0.05, 0.1) is 20.8 Å². The van der Waals surface area contributed by atoms with Crippen LogP contribution in [0.4, 0.5) is 14.5 Å². The molecule has 0 bridgehead atoms. The largest absolute Gasteiger partial charge is 0.493 e. The van der Waals surface area contributed by atoms with E-state index < -0.39 is 0 Å². The second-order valence-corrected chi connectivity index (χ2v) is 9.27. The number of halogens is 2. The average Bonchev–Trinajstić information content (AvgIpc) is 3.38. The lowest BCUT2D eigenvalue weighted by Gasteiger charge is -2.22. The molecule has 0 aliphatic carbocycles. The van der Waals surface area contributed by atoms with E-state index in [4.69, 9.17) is 9.47 Å². The van der Waals surface area contributed by atoms with Crippen molar-refractivity contribution in [3.05, 3.63) is 106 Å². The fourth-order valence-corrected chi connectivity index (χ4v) is 4.63. The molecule has 0 aliphatic rings. The molecule has 37 heavy (non-hydrogen) atoms. The minimum Gasteiger partial charge on any atom is -0.493 e. The summed E-state index contributed by atoms with van der Waals surface area (Å²) in [7, 11) is 3.19. The van der Waals surface area contributed by atoms with Crippen molar-refractivity contribution < 1.29 is 23.0 Å². The van der Waals surface area contributed by atoms with E-state index in [2.05, 4.69) is 15.2 Å². The first kappa shape index (κ1) is 26.2. The van der Waals surface area contributed by atoms with Gasteiger partial charge in [-0.25, -0.2) is 13.8 Å². The van der Waals surface area contributed by atoms with Crippen LogP contribution in [0.3, 0.4) is 0 Å². The normalized spacial score (nSPS) is 10.9. The summed E-state index contributed by atoms with van der Waals surface area (Å²) >= 11 is 1.36. The number of anilines is 1. The Balaban J connectivity index is 1.47. The first-order chi connectivity index (χ1) is 17.9. The molecule has 1 heterocycles. The van der Waals surface area contributed by atoms with Crippen LogP contribution in [-0.2, 0) is 19.5 Å². The Morgan fingerprint density at radius 1 is 0.973 bits per heavy atom. The predicted octanol–water partition coefficient (Wildman–Crippen LogP) is 5.94. The van der Waals surface area contributed by atoms with Crippen LogP contribution >= 0.6 is 11.3 Å². The topological polar surface area (TPSA) is 63.7 Å². The Morgan fingerprint density at radius 3 is 2.46 bits per heavy atom. The number of amides is 1. The summed E-state index contributed by atoms with van der Waals surface area (Å²) in [6.07, 6.45) is 0.693. The Hall–Kier alpha value is -3.82. The third-order valence-electron chi connectivity index (χ3n) is 5.76. The minimum absolute atomic E-state index is 0.267. The number of nitrogens with zero attached hydrogens (tertiary/aromatic N) is 2. The zero-order valence-electron chi connectivity index (χ0n) is 20.5. The molecule has 3 aromatic carbocycles. The molecule has 6 nitrogen and oxygen atoms in total. The molecule has 0 saturated carbocycles. The van der Waals surface area contributed by atoms with E-state index in [-0.39, 0.29) is 23.2 Å². The van der Waals surface area contributed by atoms with Crippen molar-refractivity contribution >= 4 is 22.9 Å². The Bertz CT molecular complexity index is 1340. The summed E-state index contributed by atoms with van der Waals surface area (Å²) in [4.78, 5) is 19.2. The molecule has 1 aromatic heterocycles. The van der Waals surface area contributed by atoms with Crippen molar-refractivity contribution in [3.63, 3.8) is 0 Å². The van der Waals surface area contributed by atoms with E-state index >= 15 is 0 Å². The van der Waals surface area contributed by atoms with Crippen LogP contribution in [0.5, 0.6) is 11.5 Å². The van der Waals surface area contributed by atoms with Crippen LogP contribution in [0.15, 0.2) is 72.1 Å². The third-order valence-corrected chi connectivity index (χ3v) is 6.60. The highest BCUT2D eigenvalue weighted by Crippen LogP contribution is 2.28. The molecule has 9 heteroatoms. The molecule has 0 aliphatic heterocycles. The highest BCUT2D eigenvalue weighted by atomic mass is 32.1. The monoisotopic (exact) mass is 523 g/mol. The SMILES string of the molecule is COc1ccc(CCN(Cc2nc(C(=O)Nc3ccc(F)cc3)cs2)Cc2ccccc2F)cc1OC. The van der Waals surface area contributed by atoms with Gasteiger partial charge in [0, 0.05) is 29.7 Å². The fourth-order valence-electron chi connectivity index (χ4n) is 3.81. The first-order valence-electron chi connectivity index (χ1n) is 11.6. The van der Waals surface area contributed by atoms with Crippen LogP contribution in [0, 0.1) is 11.6 Å². The van der Waals surface area contributed by atoms with E-state index in [0.29, 0.717) is 48.8 Å². The summed E-state index contributed by atoms with van der Waals surface area (Å²) in [6.45, 7) is 1.45. The maximum absolute atomic E-state index is 14.4. The summed E-state index contributed by atoms with van der Waals surface area (Å²) < 4.78 is 38.3. The van der Waals surface area contributed by atoms with Gasteiger partial charge in [0.1, 0.15) is 22.3 Å². The van der Waals surface area contributed by atoms with Gasteiger partial charge in [0.25, 0.3) is 5.91 Å². The number of hydrogen-bond acceptors (Lipinski definition) is 6. The number of hydrogen-bond donors (Lipinski definition) is 1. The van der Waals surface area contributed by atoms with Gasteiger partial charge in [-0.15, -0.1) is 11.3 Å². The molecule has 0 saturated heterocycles. The fraction of sp³-hybridized carbons (Fsp3) is 0.214. The molecule has 0 spiro atoms. The van der Waals surface area contributed by atoms with E-state index in [1.807, 2.05) is 24.3 Å². The second-order valence-electron chi connectivity index (χ2n) is 8.33. The van der Waals surface area contributed by atoms with E-state index in [1.54, 1.807) is 31.7 Å². The summed E-state index contributed by atoms with van der Waals surface area (Å²) in [6, 6.07) is 18.0. The molecule has 0 unspecified atom stereocenters. The van der Waals surface area contributed by atoms with Crippen molar-refractivity contribution in [1.29, 1.82) is 0 Å². The molecule has 1 N–H and O–H groups in total. The Morgan fingerprint density at radius 2 is 1.73 bits per heavy atom. The number of carbonyl (C=O) groups is 1.